The number of esters is 1. The molecule has 1 aromatic heterocycles. The maximum absolute atomic E-state index is 12.4. The first-order chi connectivity index (χ1) is 15.4. The maximum atomic E-state index is 12.4. The lowest BCUT2D eigenvalue weighted by atomic mass is 10.2. The van der Waals surface area contributed by atoms with E-state index >= 15 is 0 Å². The van der Waals surface area contributed by atoms with Crippen molar-refractivity contribution in [3.8, 4) is 0 Å². The van der Waals surface area contributed by atoms with Gasteiger partial charge in [-0.2, -0.15) is 0 Å². The number of aryl methyl sites for hydroxylation is 2. The predicted octanol–water partition coefficient (Wildman–Crippen LogP) is 1.78. The van der Waals surface area contributed by atoms with Crippen LogP contribution in [0, 0.1) is 13.8 Å². The van der Waals surface area contributed by atoms with Gasteiger partial charge in [-0.3, -0.25) is 14.4 Å². The average molecular weight is 499 g/mol. The Hall–Kier alpha value is -2.90. The van der Waals surface area contributed by atoms with E-state index in [0.29, 0.717) is 17.0 Å². The zero-order valence-corrected chi connectivity index (χ0v) is 20.5. The van der Waals surface area contributed by atoms with Crippen molar-refractivity contribution in [2.75, 3.05) is 36.2 Å². The van der Waals surface area contributed by atoms with Crippen molar-refractivity contribution in [2.45, 2.75) is 31.8 Å². The van der Waals surface area contributed by atoms with Crippen LogP contribution >= 0.6 is 11.8 Å². The second kappa shape index (κ2) is 11.3. The molecule has 2 aromatic rings. The first-order valence-electron chi connectivity index (χ1n) is 9.74. The molecule has 0 spiro atoms. The summed E-state index contributed by atoms with van der Waals surface area (Å²) in [5.41, 5.74) is 0.934. The second-order valence-electron chi connectivity index (χ2n) is 7.25. The third-order valence-electron chi connectivity index (χ3n) is 4.27. The standard InChI is InChI=1S/C20H26N4O7S2/c1-12-6-7-15(33(28,29)24(4)5)9-16(12)21-20(27)14(3)30-19(26)11-32-10-18(25)22-17-8-13(2)31-23-17/h6-9,14H,10-11H2,1-5H3,(H,21,27)(H,22,23,25)/t14-/m0/s1. The van der Waals surface area contributed by atoms with Gasteiger partial charge in [-0.1, -0.05) is 11.2 Å². The molecule has 2 N–H and O–H groups in total. The molecular formula is C20H26N4O7S2. The van der Waals surface area contributed by atoms with E-state index in [1.165, 1.54) is 33.2 Å². The third-order valence-corrected chi connectivity index (χ3v) is 6.99. The van der Waals surface area contributed by atoms with Gasteiger partial charge < -0.3 is 19.9 Å². The highest BCUT2D eigenvalue weighted by molar-refractivity contribution is 8.00. The van der Waals surface area contributed by atoms with Crippen molar-refractivity contribution in [2.24, 2.45) is 0 Å². The molecule has 1 atom stereocenters. The largest absolute Gasteiger partial charge is 0.452 e. The molecule has 13 heteroatoms. The Balaban J connectivity index is 1.85. The molecular weight excluding hydrogens is 472 g/mol. The van der Waals surface area contributed by atoms with Crippen LogP contribution in [0.3, 0.4) is 0 Å². The van der Waals surface area contributed by atoms with Gasteiger partial charge in [-0.05, 0) is 38.5 Å². The minimum absolute atomic E-state index is 0.0199. The molecule has 0 radical (unpaired) electrons. The Morgan fingerprint density at radius 1 is 1.15 bits per heavy atom. The Morgan fingerprint density at radius 2 is 1.85 bits per heavy atom. The number of amides is 2. The highest BCUT2D eigenvalue weighted by Gasteiger charge is 2.22. The van der Waals surface area contributed by atoms with Crippen LogP contribution in [0.25, 0.3) is 0 Å². The normalized spacial score (nSPS) is 12.3. The van der Waals surface area contributed by atoms with Gasteiger partial charge in [0.2, 0.25) is 15.9 Å². The number of ether oxygens (including phenoxy) is 1. The molecule has 0 aliphatic carbocycles. The smallest absolute Gasteiger partial charge is 0.316 e. The first kappa shape index (κ1) is 26.4. The number of carbonyl (C=O) groups excluding carboxylic acids is 3. The number of thioether (sulfide) groups is 1. The molecule has 0 bridgehead atoms. The van der Waals surface area contributed by atoms with Gasteiger partial charge in [0.05, 0.1) is 16.4 Å². The van der Waals surface area contributed by atoms with Gasteiger partial charge in [0, 0.05) is 25.8 Å². The zero-order valence-electron chi connectivity index (χ0n) is 18.9. The third kappa shape index (κ3) is 7.58. The Labute approximate surface area is 196 Å². The maximum Gasteiger partial charge on any atom is 0.316 e. The van der Waals surface area contributed by atoms with Crippen molar-refractivity contribution in [3.05, 3.63) is 35.6 Å². The molecule has 11 nitrogen and oxygen atoms in total. The van der Waals surface area contributed by atoms with E-state index in [1.807, 2.05) is 0 Å². The lowest BCUT2D eigenvalue weighted by molar-refractivity contribution is -0.150. The summed E-state index contributed by atoms with van der Waals surface area (Å²) >= 11 is 1.01. The van der Waals surface area contributed by atoms with Crippen LogP contribution in [-0.2, 0) is 29.1 Å². The molecule has 1 heterocycles. The predicted molar refractivity (Wildman–Crippen MR) is 123 cm³/mol. The summed E-state index contributed by atoms with van der Waals surface area (Å²) in [6.45, 7) is 4.79. The molecule has 0 unspecified atom stereocenters. The van der Waals surface area contributed by atoms with Crippen LogP contribution in [0.2, 0.25) is 0 Å². The van der Waals surface area contributed by atoms with Crippen LogP contribution in [0.1, 0.15) is 18.2 Å². The van der Waals surface area contributed by atoms with Crippen molar-refractivity contribution < 1.29 is 32.1 Å². The van der Waals surface area contributed by atoms with Gasteiger partial charge in [0.1, 0.15) is 5.76 Å². The number of nitrogens with one attached hydrogen (secondary N) is 2. The number of sulfonamides is 1. The molecule has 0 aliphatic rings. The minimum Gasteiger partial charge on any atom is -0.452 e. The molecule has 2 rings (SSSR count). The van der Waals surface area contributed by atoms with Crippen molar-refractivity contribution in [1.29, 1.82) is 0 Å². The Kier molecular flexibility index (Phi) is 9.02. The molecule has 0 saturated carbocycles. The molecule has 33 heavy (non-hydrogen) atoms. The van der Waals surface area contributed by atoms with Gasteiger partial charge in [0.25, 0.3) is 5.91 Å². The van der Waals surface area contributed by atoms with Crippen molar-refractivity contribution >= 4 is 51.1 Å². The number of anilines is 2. The Morgan fingerprint density at radius 3 is 2.45 bits per heavy atom. The summed E-state index contributed by atoms with van der Waals surface area (Å²) in [7, 11) is -0.858. The summed E-state index contributed by atoms with van der Waals surface area (Å²) in [4.78, 5) is 36.3. The highest BCUT2D eigenvalue weighted by Crippen LogP contribution is 2.22. The number of aromatic nitrogens is 1. The second-order valence-corrected chi connectivity index (χ2v) is 10.4. The summed E-state index contributed by atoms with van der Waals surface area (Å²) in [5, 5.41) is 8.75. The number of benzene rings is 1. The van der Waals surface area contributed by atoms with Crippen LogP contribution in [0.15, 0.2) is 33.7 Å². The van der Waals surface area contributed by atoms with E-state index < -0.39 is 28.0 Å². The van der Waals surface area contributed by atoms with E-state index in [0.717, 1.165) is 16.1 Å². The Bertz CT molecular complexity index is 1130. The summed E-state index contributed by atoms with van der Waals surface area (Å²) < 4.78 is 35.7. The van der Waals surface area contributed by atoms with Crippen LogP contribution in [-0.4, -0.2) is 67.4 Å². The highest BCUT2D eigenvalue weighted by atomic mass is 32.2. The van der Waals surface area contributed by atoms with E-state index in [2.05, 4.69) is 15.8 Å². The quantitative estimate of drug-likeness (QED) is 0.468. The van der Waals surface area contributed by atoms with Crippen LogP contribution in [0.5, 0.6) is 0 Å². The fourth-order valence-corrected chi connectivity index (χ4v) is 3.98. The topological polar surface area (TPSA) is 148 Å². The monoisotopic (exact) mass is 498 g/mol. The van der Waals surface area contributed by atoms with Gasteiger partial charge in [-0.15, -0.1) is 11.8 Å². The van der Waals surface area contributed by atoms with E-state index in [1.54, 1.807) is 26.0 Å². The number of nitrogens with zero attached hydrogens (tertiary/aromatic N) is 2. The molecule has 0 saturated heterocycles. The van der Waals surface area contributed by atoms with Crippen molar-refractivity contribution in [1.82, 2.24) is 9.46 Å². The van der Waals surface area contributed by atoms with Crippen LogP contribution in [0.4, 0.5) is 11.5 Å². The summed E-state index contributed by atoms with van der Waals surface area (Å²) in [5.74, 6) is -0.982. The number of carbonyl (C=O) groups is 3. The lowest BCUT2D eigenvalue weighted by Crippen LogP contribution is -2.31. The fraction of sp³-hybridized carbons (Fsp3) is 0.400. The molecule has 0 fully saturated rings. The van der Waals surface area contributed by atoms with E-state index in [4.69, 9.17) is 9.26 Å². The van der Waals surface area contributed by atoms with Gasteiger partial charge >= 0.3 is 5.97 Å². The fourth-order valence-electron chi connectivity index (χ4n) is 2.46. The molecule has 0 aliphatic heterocycles. The first-order valence-corrected chi connectivity index (χ1v) is 12.3. The van der Waals surface area contributed by atoms with Gasteiger partial charge in [0.15, 0.2) is 11.9 Å². The molecule has 180 valence electrons. The lowest BCUT2D eigenvalue weighted by Gasteiger charge is -2.16. The number of rotatable bonds is 10. The zero-order chi connectivity index (χ0) is 24.8. The number of hydrogen-bond donors (Lipinski definition) is 2. The minimum atomic E-state index is -3.68. The average Bonchev–Trinajstić information content (AvgIpc) is 3.13. The van der Waals surface area contributed by atoms with E-state index in [-0.39, 0.29) is 28.1 Å². The summed E-state index contributed by atoms with van der Waals surface area (Å²) in [6, 6.07) is 5.93. The number of hydrogen-bond acceptors (Lipinski definition) is 9. The van der Waals surface area contributed by atoms with Gasteiger partial charge in [-0.25, -0.2) is 12.7 Å². The van der Waals surface area contributed by atoms with Crippen LogP contribution < -0.4 is 10.6 Å². The van der Waals surface area contributed by atoms with Crippen molar-refractivity contribution in [3.63, 3.8) is 0 Å². The molecule has 2 amide bonds. The SMILES string of the molecule is Cc1cc(NC(=O)CSCC(=O)O[C@@H](C)C(=O)Nc2cc(S(=O)(=O)N(C)C)ccc2C)no1. The van der Waals surface area contributed by atoms with E-state index in [9.17, 15) is 22.8 Å². The summed E-state index contributed by atoms with van der Waals surface area (Å²) in [6.07, 6.45) is -1.13. The molecule has 1 aromatic carbocycles.